The van der Waals surface area contributed by atoms with E-state index in [2.05, 4.69) is 22.8 Å². The number of aliphatic carboxylic acids is 1. The van der Waals surface area contributed by atoms with Crippen molar-refractivity contribution in [3.63, 3.8) is 0 Å². The van der Waals surface area contributed by atoms with Gasteiger partial charge in [-0.15, -0.1) is 0 Å². The molecule has 0 saturated carbocycles. The first-order valence-corrected chi connectivity index (χ1v) is 11.7. The third kappa shape index (κ3) is 5.31. The van der Waals surface area contributed by atoms with E-state index in [0.29, 0.717) is 13.0 Å². The summed E-state index contributed by atoms with van der Waals surface area (Å²) in [5.74, 6) is -1.87. The molecule has 0 spiro atoms. The molecule has 35 heavy (non-hydrogen) atoms. The fraction of sp³-hybridized carbons (Fsp3) is 0.423. The molecular formula is C26H30N2O7. The highest BCUT2D eigenvalue weighted by molar-refractivity contribution is 5.91. The number of ether oxygens (including phenoxy) is 3. The third-order valence-corrected chi connectivity index (χ3v) is 6.59. The number of alkyl carbamates (subject to hydrolysis) is 1. The van der Waals surface area contributed by atoms with Crippen LogP contribution in [0.15, 0.2) is 48.5 Å². The highest BCUT2D eigenvalue weighted by Crippen LogP contribution is 2.44. The minimum absolute atomic E-state index is 0.110. The summed E-state index contributed by atoms with van der Waals surface area (Å²) in [4.78, 5) is 37.5. The number of methoxy groups -OCH3 is 1. The van der Waals surface area contributed by atoms with Crippen molar-refractivity contribution in [2.45, 2.75) is 36.8 Å². The number of hydrogen-bond acceptors (Lipinski definition) is 6. The predicted molar refractivity (Wildman–Crippen MR) is 127 cm³/mol. The van der Waals surface area contributed by atoms with E-state index >= 15 is 0 Å². The second-order valence-electron chi connectivity index (χ2n) is 8.84. The topological polar surface area (TPSA) is 123 Å². The molecule has 2 aromatic carbocycles. The Morgan fingerprint density at radius 3 is 2.34 bits per heavy atom. The van der Waals surface area contributed by atoms with Gasteiger partial charge in [0, 0.05) is 32.7 Å². The van der Waals surface area contributed by atoms with Crippen LogP contribution in [0.3, 0.4) is 0 Å². The van der Waals surface area contributed by atoms with Gasteiger partial charge in [0.2, 0.25) is 5.91 Å². The SMILES string of the molecule is COCCCC(NC(=O)OCC1c2ccccc2-c2ccccc21)C(=O)NC1(C(=O)O)CCOC1. The molecule has 1 fully saturated rings. The number of carbonyl (C=O) groups excluding carboxylic acids is 2. The molecule has 4 rings (SSSR count). The van der Waals surface area contributed by atoms with Gasteiger partial charge < -0.3 is 30.0 Å². The minimum atomic E-state index is -1.50. The van der Waals surface area contributed by atoms with Crippen molar-refractivity contribution in [1.82, 2.24) is 10.6 Å². The molecule has 1 aliphatic heterocycles. The van der Waals surface area contributed by atoms with Gasteiger partial charge in [0.05, 0.1) is 6.61 Å². The molecule has 2 amide bonds. The molecule has 9 nitrogen and oxygen atoms in total. The first-order chi connectivity index (χ1) is 16.9. The zero-order chi connectivity index (χ0) is 24.8. The summed E-state index contributed by atoms with van der Waals surface area (Å²) >= 11 is 0. The van der Waals surface area contributed by atoms with E-state index in [1.165, 1.54) is 0 Å². The smallest absolute Gasteiger partial charge is 0.407 e. The number of hydrogen-bond donors (Lipinski definition) is 3. The Morgan fingerprint density at radius 1 is 1.11 bits per heavy atom. The van der Waals surface area contributed by atoms with Crippen LogP contribution in [0.25, 0.3) is 11.1 Å². The Morgan fingerprint density at radius 2 is 1.77 bits per heavy atom. The molecule has 2 aliphatic rings. The van der Waals surface area contributed by atoms with Crippen molar-refractivity contribution in [3.05, 3.63) is 59.7 Å². The van der Waals surface area contributed by atoms with Gasteiger partial charge in [0.1, 0.15) is 12.6 Å². The van der Waals surface area contributed by atoms with Crippen molar-refractivity contribution in [3.8, 4) is 11.1 Å². The molecule has 2 atom stereocenters. The Kier molecular flexibility index (Phi) is 7.67. The Bertz CT molecular complexity index is 1040. The summed E-state index contributed by atoms with van der Waals surface area (Å²) < 4.78 is 15.8. The van der Waals surface area contributed by atoms with Gasteiger partial charge >= 0.3 is 12.1 Å². The average Bonchev–Trinajstić information content (AvgIpc) is 3.46. The van der Waals surface area contributed by atoms with E-state index in [-0.39, 0.29) is 38.6 Å². The maximum absolute atomic E-state index is 13.0. The van der Waals surface area contributed by atoms with Gasteiger partial charge in [-0.2, -0.15) is 0 Å². The normalized spacial score (nSPS) is 19.5. The fourth-order valence-electron chi connectivity index (χ4n) is 4.69. The van der Waals surface area contributed by atoms with Crippen molar-refractivity contribution in [2.75, 3.05) is 33.5 Å². The van der Waals surface area contributed by atoms with Gasteiger partial charge in [-0.05, 0) is 35.1 Å². The van der Waals surface area contributed by atoms with E-state index < -0.39 is 29.6 Å². The van der Waals surface area contributed by atoms with Crippen LogP contribution in [0, 0.1) is 0 Å². The fourth-order valence-corrected chi connectivity index (χ4v) is 4.69. The third-order valence-electron chi connectivity index (χ3n) is 6.59. The number of carbonyl (C=O) groups is 3. The van der Waals surface area contributed by atoms with E-state index in [1.807, 2.05) is 36.4 Å². The molecule has 0 radical (unpaired) electrons. The zero-order valence-corrected chi connectivity index (χ0v) is 19.6. The molecule has 9 heteroatoms. The number of fused-ring (bicyclic) bond motifs is 3. The summed E-state index contributed by atoms with van der Waals surface area (Å²) in [7, 11) is 1.54. The highest BCUT2D eigenvalue weighted by Gasteiger charge is 2.45. The quantitative estimate of drug-likeness (QED) is 0.445. The van der Waals surface area contributed by atoms with Gasteiger partial charge in [-0.3, -0.25) is 4.79 Å². The molecule has 0 aromatic heterocycles. The molecule has 0 bridgehead atoms. The van der Waals surface area contributed by atoms with Gasteiger partial charge in [-0.25, -0.2) is 9.59 Å². The van der Waals surface area contributed by atoms with Crippen molar-refractivity contribution < 1.29 is 33.7 Å². The first-order valence-electron chi connectivity index (χ1n) is 11.7. The maximum atomic E-state index is 13.0. The van der Waals surface area contributed by atoms with Crippen LogP contribution in [0.1, 0.15) is 36.3 Å². The van der Waals surface area contributed by atoms with E-state index in [0.717, 1.165) is 22.3 Å². The summed E-state index contributed by atoms with van der Waals surface area (Å²) in [6, 6.07) is 15.1. The van der Waals surface area contributed by atoms with Crippen LogP contribution in [0.5, 0.6) is 0 Å². The standard InChI is InChI=1S/C26H30N2O7/c1-33-13-6-11-22(23(29)28-26(24(30)31)12-14-34-16-26)27-25(32)35-15-21-19-9-4-2-7-17(19)18-8-3-5-10-20(18)21/h2-5,7-10,21-22H,6,11-16H2,1H3,(H,27,32)(H,28,29)(H,30,31). The van der Waals surface area contributed by atoms with Crippen LogP contribution in [0.4, 0.5) is 4.79 Å². The average molecular weight is 483 g/mol. The predicted octanol–water partition coefficient (Wildman–Crippen LogP) is 2.68. The number of nitrogens with one attached hydrogen (secondary N) is 2. The molecular weight excluding hydrogens is 452 g/mol. The molecule has 1 heterocycles. The van der Waals surface area contributed by atoms with Gasteiger partial charge in [-0.1, -0.05) is 48.5 Å². The lowest BCUT2D eigenvalue weighted by molar-refractivity contribution is -0.148. The number of carboxylic acids is 1. The van der Waals surface area contributed by atoms with Crippen molar-refractivity contribution in [1.29, 1.82) is 0 Å². The van der Waals surface area contributed by atoms with Crippen LogP contribution in [0.2, 0.25) is 0 Å². The lowest BCUT2D eigenvalue weighted by Crippen LogP contribution is -2.60. The van der Waals surface area contributed by atoms with Crippen LogP contribution in [-0.2, 0) is 23.8 Å². The summed E-state index contributed by atoms with van der Waals surface area (Å²) in [5.41, 5.74) is 2.90. The molecule has 1 aliphatic carbocycles. The number of benzene rings is 2. The Balaban J connectivity index is 1.42. The number of rotatable bonds is 10. The molecule has 186 valence electrons. The minimum Gasteiger partial charge on any atom is -0.479 e. The lowest BCUT2D eigenvalue weighted by Gasteiger charge is -2.27. The Labute approximate surface area is 203 Å². The lowest BCUT2D eigenvalue weighted by atomic mass is 9.98. The first kappa shape index (κ1) is 24.7. The van der Waals surface area contributed by atoms with Crippen molar-refractivity contribution >= 4 is 18.0 Å². The monoisotopic (exact) mass is 482 g/mol. The molecule has 2 unspecified atom stereocenters. The van der Waals surface area contributed by atoms with Crippen LogP contribution < -0.4 is 10.6 Å². The highest BCUT2D eigenvalue weighted by atomic mass is 16.5. The van der Waals surface area contributed by atoms with Gasteiger partial charge in [0.15, 0.2) is 5.54 Å². The number of carboxylic acid groups (broad SMARTS) is 1. The Hall–Kier alpha value is -3.43. The van der Waals surface area contributed by atoms with E-state index in [4.69, 9.17) is 14.2 Å². The second kappa shape index (κ2) is 10.9. The van der Waals surface area contributed by atoms with E-state index in [9.17, 15) is 19.5 Å². The maximum Gasteiger partial charge on any atom is 0.407 e. The zero-order valence-electron chi connectivity index (χ0n) is 19.6. The number of amides is 2. The molecule has 2 aromatic rings. The van der Waals surface area contributed by atoms with Crippen LogP contribution >= 0.6 is 0 Å². The summed E-state index contributed by atoms with van der Waals surface area (Å²) in [5, 5.41) is 14.8. The van der Waals surface area contributed by atoms with Crippen molar-refractivity contribution in [2.24, 2.45) is 0 Å². The largest absolute Gasteiger partial charge is 0.479 e. The molecule has 1 saturated heterocycles. The van der Waals surface area contributed by atoms with Gasteiger partial charge in [0.25, 0.3) is 0 Å². The second-order valence-corrected chi connectivity index (χ2v) is 8.84. The summed E-state index contributed by atoms with van der Waals surface area (Å²) in [6.07, 6.45) is 0.176. The van der Waals surface area contributed by atoms with Crippen LogP contribution in [-0.4, -0.2) is 68.2 Å². The molecule has 3 N–H and O–H groups in total. The van der Waals surface area contributed by atoms with E-state index in [1.54, 1.807) is 7.11 Å². The summed E-state index contributed by atoms with van der Waals surface area (Å²) in [6.45, 7) is 0.618.